The van der Waals surface area contributed by atoms with Gasteiger partial charge in [0.15, 0.2) is 0 Å². The Balaban J connectivity index is 2.12. The van der Waals surface area contributed by atoms with Gasteiger partial charge in [0, 0.05) is 6.92 Å². The van der Waals surface area contributed by atoms with E-state index in [4.69, 9.17) is 9.47 Å². The molecule has 0 radical (unpaired) electrons. The monoisotopic (exact) mass is 296 g/mol. The fraction of sp³-hybridized carbons (Fsp3) is 0.111. The highest BCUT2D eigenvalue weighted by Crippen LogP contribution is 2.24. The first-order valence-corrected chi connectivity index (χ1v) is 6.73. The minimum atomic E-state index is -0.449. The molecule has 0 saturated heterocycles. The molecule has 2 rings (SSSR count). The number of benzene rings is 2. The molecule has 2 aromatic carbocycles. The van der Waals surface area contributed by atoms with Crippen LogP contribution in [0.2, 0.25) is 0 Å². The summed E-state index contributed by atoms with van der Waals surface area (Å²) in [6.45, 7) is 6.77. The molecule has 0 aliphatic heterocycles. The number of carbonyl (C=O) groups excluding carboxylic acids is 2. The van der Waals surface area contributed by atoms with Crippen LogP contribution in [0.5, 0.6) is 11.5 Å². The molecule has 112 valence electrons. The summed E-state index contributed by atoms with van der Waals surface area (Å²) in [5, 5.41) is 0. The molecule has 22 heavy (non-hydrogen) atoms. The van der Waals surface area contributed by atoms with Gasteiger partial charge < -0.3 is 9.47 Å². The summed E-state index contributed by atoms with van der Waals surface area (Å²) in [5.74, 6) is -0.000708. The summed E-state index contributed by atoms with van der Waals surface area (Å²) in [7, 11) is 0. The number of aryl methyl sites for hydroxylation is 1. The average Bonchev–Trinajstić information content (AvgIpc) is 2.49. The summed E-state index contributed by atoms with van der Waals surface area (Å²) in [5.41, 5.74) is 2.09. The summed E-state index contributed by atoms with van der Waals surface area (Å²) >= 11 is 0. The smallest absolute Gasteiger partial charge is 0.343 e. The quantitative estimate of drug-likeness (QED) is 0.636. The summed E-state index contributed by atoms with van der Waals surface area (Å²) < 4.78 is 10.3. The lowest BCUT2D eigenvalue weighted by atomic mass is 10.1. The van der Waals surface area contributed by atoms with Gasteiger partial charge in [-0.3, -0.25) is 4.79 Å². The SMILES string of the molecule is C=Cc1ccc(C(=O)Oc2ccc(OC(C)=O)c(C)c2)cc1. The Morgan fingerprint density at radius 1 is 1.05 bits per heavy atom. The van der Waals surface area contributed by atoms with Gasteiger partial charge in [-0.05, 0) is 48.4 Å². The molecule has 0 bridgehead atoms. The molecule has 4 nitrogen and oxygen atoms in total. The molecule has 0 N–H and O–H groups in total. The molecule has 0 unspecified atom stereocenters. The zero-order chi connectivity index (χ0) is 16.1. The van der Waals surface area contributed by atoms with E-state index in [1.807, 2.05) is 0 Å². The van der Waals surface area contributed by atoms with E-state index in [1.54, 1.807) is 55.5 Å². The van der Waals surface area contributed by atoms with Gasteiger partial charge in [-0.25, -0.2) is 4.79 Å². The predicted molar refractivity (Wildman–Crippen MR) is 84.0 cm³/mol. The normalized spacial score (nSPS) is 9.91. The van der Waals surface area contributed by atoms with E-state index in [1.165, 1.54) is 6.92 Å². The van der Waals surface area contributed by atoms with Crippen LogP contribution in [-0.2, 0) is 4.79 Å². The Bertz CT molecular complexity index is 714. The van der Waals surface area contributed by atoms with Gasteiger partial charge in [0.1, 0.15) is 11.5 Å². The Hall–Kier alpha value is -2.88. The molecule has 0 spiro atoms. The first kappa shape index (κ1) is 15.5. The van der Waals surface area contributed by atoms with Crippen molar-refractivity contribution in [2.45, 2.75) is 13.8 Å². The minimum absolute atomic E-state index is 0.393. The van der Waals surface area contributed by atoms with Crippen LogP contribution in [-0.4, -0.2) is 11.9 Å². The number of esters is 2. The van der Waals surface area contributed by atoms with Gasteiger partial charge in [0.05, 0.1) is 5.56 Å². The van der Waals surface area contributed by atoms with E-state index in [2.05, 4.69) is 6.58 Å². The Morgan fingerprint density at radius 3 is 2.27 bits per heavy atom. The largest absolute Gasteiger partial charge is 0.426 e. The molecule has 0 amide bonds. The number of hydrogen-bond donors (Lipinski definition) is 0. The highest BCUT2D eigenvalue weighted by atomic mass is 16.5. The van der Waals surface area contributed by atoms with Crippen molar-refractivity contribution >= 4 is 18.0 Å². The van der Waals surface area contributed by atoms with Crippen LogP contribution in [0.4, 0.5) is 0 Å². The fourth-order valence-corrected chi connectivity index (χ4v) is 1.88. The van der Waals surface area contributed by atoms with Crippen LogP contribution in [0.25, 0.3) is 6.08 Å². The maximum absolute atomic E-state index is 12.1. The van der Waals surface area contributed by atoms with Crippen LogP contribution in [0, 0.1) is 6.92 Å². The fourth-order valence-electron chi connectivity index (χ4n) is 1.88. The summed E-state index contributed by atoms with van der Waals surface area (Å²) in [4.78, 5) is 23.0. The van der Waals surface area contributed by atoms with Crippen molar-refractivity contribution in [3.05, 3.63) is 65.7 Å². The van der Waals surface area contributed by atoms with Gasteiger partial charge in [-0.15, -0.1) is 0 Å². The summed E-state index contributed by atoms with van der Waals surface area (Å²) in [6, 6.07) is 11.8. The van der Waals surface area contributed by atoms with E-state index in [0.717, 1.165) is 5.56 Å². The predicted octanol–water partition coefficient (Wildman–Crippen LogP) is 3.78. The molecule has 0 heterocycles. The molecule has 0 fully saturated rings. The average molecular weight is 296 g/mol. The third-order valence-electron chi connectivity index (χ3n) is 2.99. The second kappa shape index (κ2) is 6.72. The molecular weight excluding hydrogens is 280 g/mol. The minimum Gasteiger partial charge on any atom is -0.426 e. The molecule has 0 aliphatic carbocycles. The highest BCUT2D eigenvalue weighted by Gasteiger charge is 2.10. The first-order valence-electron chi connectivity index (χ1n) is 6.73. The third kappa shape index (κ3) is 3.82. The Morgan fingerprint density at radius 2 is 1.73 bits per heavy atom. The zero-order valence-corrected chi connectivity index (χ0v) is 12.5. The van der Waals surface area contributed by atoms with E-state index in [-0.39, 0.29) is 0 Å². The van der Waals surface area contributed by atoms with Crippen LogP contribution < -0.4 is 9.47 Å². The zero-order valence-electron chi connectivity index (χ0n) is 12.5. The van der Waals surface area contributed by atoms with Crippen molar-refractivity contribution in [3.8, 4) is 11.5 Å². The second-order valence-electron chi connectivity index (χ2n) is 4.74. The van der Waals surface area contributed by atoms with Crippen molar-refractivity contribution < 1.29 is 19.1 Å². The molecule has 0 aromatic heterocycles. The first-order chi connectivity index (χ1) is 10.5. The van der Waals surface area contributed by atoms with Gasteiger partial charge >= 0.3 is 11.9 Å². The molecule has 2 aromatic rings. The molecule has 0 saturated carbocycles. The maximum atomic E-state index is 12.1. The van der Waals surface area contributed by atoms with E-state index in [0.29, 0.717) is 22.6 Å². The van der Waals surface area contributed by atoms with Crippen LogP contribution >= 0.6 is 0 Å². The van der Waals surface area contributed by atoms with Crippen molar-refractivity contribution in [3.63, 3.8) is 0 Å². The highest BCUT2D eigenvalue weighted by molar-refractivity contribution is 5.91. The molecule has 0 aliphatic rings. The van der Waals surface area contributed by atoms with Crippen molar-refractivity contribution in [1.29, 1.82) is 0 Å². The second-order valence-corrected chi connectivity index (χ2v) is 4.74. The molecule has 4 heteroatoms. The molecular formula is C18H16O4. The van der Waals surface area contributed by atoms with Gasteiger partial charge in [-0.2, -0.15) is 0 Å². The van der Waals surface area contributed by atoms with Crippen molar-refractivity contribution in [1.82, 2.24) is 0 Å². The number of hydrogen-bond acceptors (Lipinski definition) is 4. The van der Waals surface area contributed by atoms with Crippen molar-refractivity contribution in [2.24, 2.45) is 0 Å². The number of carbonyl (C=O) groups is 2. The van der Waals surface area contributed by atoms with Crippen molar-refractivity contribution in [2.75, 3.05) is 0 Å². The Labute approximate surface area is 129 Å². The maximum Gasteiger partial charge on any atom is 0.343 e. The number of rotatable bonds is 4. The topological polar surface area (TPSA) is 52.6 Å². The van der Waals surface area contributed by atoms with Gasteiger partial charge in [0.25, 0.3) is 0 Å². The lowest BCUT2D eigenvalue weighted by Crippen LogP contribution is -2.09. The lowest BCUT2D eigenvalue weighted by molar-refractivity contribution is -0.131. The van der Waals surface area contributed by atoms with E-state index in [9.17, 15) is 9.59 Å². The third-order valence-corrected chi connectivity index (χ3v) is 2.99. The van der Waals surface area contributed by atoms with Crippen LogP contribution in [0.15, 0.2) is 49.0 Å². The Kier molecular flexibility index (Phi) is 4.73. The van der Waals surface area contributed by atoms with E-state index < -0.39 is 11.9 Å². The van der Waals surface area contributed by atoms with Gasteiger partial charge in [0.2, 0.25) is 0 Å². The molecule has 0 atom stereocenters. The van der Waals surface area contributed by atoms with Crippen LogP contribution in [0.1, 0.15) is 28.4 Å². The summed E-state index contributed by atoms with van der Waals surface area (Å²) in [6.07, 6.45) is 1.70. The van der Waals surface area contributed by atoms with Gasteiger partial charge in [-0.1, -0.05) is 24.8 Å². The van der Waals surface area contributed by atoms with Crippen LogP contribution in [0.3, 0.4) is 0 Å². The standard InChI is InChI=1S/C18H16O4/c1-4-14-5-7-15(8-6-14)18(20)22-16-9-10-17(12(2)11-16)21-13(3)19/h4-11H,1H2,2-3H3. The van der Waals surface area contributed by atoms with E-state index >= 15 is 0 Å². The number of ether oxygens (including phenoxy) is 2. The lowest BCUT2D eigenvalue weighted by Gasteiger charge is -2.09.